The number of hydrogen-bond acceptors (Lipinski definition) is 8. The molecule has 2 rings (SSSR count). The van der Waals surface area contributed by atoms with E-state index in [1.165, 1.54) is 20.5 Å². The number of nitrogens with two attached hydrogens (primary N) is 1. The Morgan fingerprint density at radius 2 is 2.13 bits per heavy atom. The normalized spacial score (nSPS) is 13.4. The number of ether oxygens (including phenoxy) is 3. The van der Waals surface area contributed by atoms with Crippen LogP contribution in [0.25, 0.3) is 11.2 Å². The third-order valence-corrected chi connectivity index (χ3v) is 3.36. The first-order valence-corrected chi connectivity index (χ1v) is 8.31. The first kappa shape index (κ1) is 17.6. The zero-order valence-corrected chi connectivity index (χ0v) is 13.5. The molecule has 1 atom stereocenters. The summed E-state index contributed by atoms with van der Waals surface area (Å²) >= 11 is 0. The van der Waals surface area contributed by atoms with Gasteiger partial charge in [-0.2, -0.15) is 9.97 Å². The molecule has 0 spiro atoms. The zero-order chi connectivity index (χ0) is 17.0. The van der Waals surface area contributed by atoms with E-state index in [0.29, 0.717) is 11.2 Å². The van der Waals surface area contributed by atoms with Crippen molar-refractivity contribution in [1.82, 2.24) is 19.5 Å². The van der Waals surface area contributed by atoms with Gasteiger partial charge in [0.25, 0.3) is 0 Å². The Kier molecular flexibility index (Phi) is 5.50. The SMILES string of the molecule is COCC(Cn1cnc2c(OC)nc(N)nc21)OCP(=O)(O)O. The molecule has 0 aliphatic heterocycles. The number of aromatic nitrogens is 4. The summed E-state index contributed by atoms with van der Waals surface area (Å²) in [5.41, 5.74) is 6.48. The number of imidazole rings is 1. The molecule has 0 saturated heterocycles. The molecule has 128 valence electrons. The largest absolute Gasteiger partial charge is 0.479 e. The molecule has 0 amide bonds. The molecule has 1 unspecified atom stereocenters. The van der Waals surface area contributed by atoms with Crippen LogP contribution >= 0.6 is 7.60 Å². The minimum atomic E-state index is -4.27. The van der Waals surface area contributed by atoms with Crippen molar-refractivity contribution < 1.29 is 28.6 Å². The second-order valence-electron chi connectivity index (χ2n) is 4.70. The van der Waals surface area contributed by atoms with E-state index in [-0.39, 0.29) is 25.0 Å². The van der Waals surface area contributed by atoms with Crippen molar-refractivity contribution in [1.29, 1.82) is 0 Å². The second kappa shape index (κ2) is 7.20. The van der Waals surface area contributed by atoms with Gasteiger partial charge in [-0.05, 0) is 0 Å². The molecule has 0 bridgehead atoms. The van der Waals surface area contributed by atoms with Gasteiger partial charge in [0.05, 0.1) is 32.7 Å². The maximum atomic E-state index is 10.9. The molecule has 0 aromatic carbocycles. The van der Waals surface area contributed by atoms with E-state index in [4.69, 9.17) is 29.7 Å². The molecule has 2 aromatic heterocycles. The summed E-state index contributed by atoms with van der Waals surface area (Å²) in [6.07, 6.45) is 0.186. The quantitative estimate of drug-likeness (QED) is 0.536. The molecule has 23 heavy (non-hydrogen) atoms. The average Bonchev–Trinajstić information content (AvgIpc) is 2.86. The number of hydrogen-bond donors (Lipinski definition) is 3. The van der Waals surface area contributed by atoms with E-state index >= 15 is 0 Å². The van der Waals surface area contributed by atoms with Crippen molar-refractivity contribution in [2.45, 2.75) is 12.6 Å². The van der Waals surface area contributed by atoms with Gasteiger partial charge in [-0.3, -0.25) is 4.57 Å². The van der Waals surface area contributed by atoms with Crippen LogP contribution in [0.5, 0.6) is 5.88 Å². The van der Waals surface area contributed by atoms with Crippen molar-refractivity contribution in [3.63, 3.8) is 0 Å². The Bertz CT molecular complexity index is 716. The topological polar surface area (TPSA) is 155 Å². The highest BCUT2D eigenvalue weighted by Gasteiger charge is 2.20. The lowest BCUT2D eigenvalue weighted by Gasteiger charge is -2.18. The van der Waals surface area contributed by atoms with Crippen LogP contribution in [0.4, 0.5) is 5.95 Å². The molecular weight excluding hydrogens is 329 g/mol. The maximum absolute atomic E-state index is 10.9. The highest BCUT2D eigenvalue weighted by molar-refractivity contribution is 7.51. The molecular formula is C11H18N5O6P. The van der Waals surface area contributed by atoms with Crippen LogP contribution in [0.1, 0.15) is 0 Å². The smallest absolute Gasteiger partial charge is 0.350 e. The average molecular weight is 347 g/mol. The molecule has 0 aliphatic carbocycles. The minimum Gasteiger partial charge on any atom is -0.479 e. The third kappa shape index (κ3) is 4.60. The van der Waals surface area contributed by atoms with Gasteiger partial charge >= 0.3 is 7.60 Å². The Morgan fingerprint density at radius 3 is 2.74 bits per heavy atom. The molecule has 2 heterocycles. The van der Waals surface area contributed by atoms with Crippen molar-refractivity contribution >= 4 is 24.7 Å². The molecule has 0 aliphatic rings. The second-order valence-corrected chi connectivity index (χ2v) is 6.29. The Balaban J connectivity index is 2.24. The predicted molar refractivity (Wildman–Crippen MR) is 79.9 cm³/mol. The van der Waals surface area contributed by atoms with Crippen LogP contribution in [0.15, 0.2) is 6.33 Å². The van der Waals surface area contributed by atoms with E-state index in [2.05, 4.69) is 15.0 Å². The fraction of sp³-hybridized carbons (Fsp3) is 0.545. The van der Waals surface area contributed by atoms with Gasteiger partial charge in [-0.1, -0.05) is 0 Å². The van der Waals surface area contributed by atoms with Crippen LogP contribution in [0.2, 0.25) is 0 Å². The fourth-order valence-corrected chi connectivity index (χ4v) is 2.38. The number of fused-ring (bicyclic) bond motifs is 1. The van der Waals surface area contributed by atoms with E-state index in [1.807, 2.05) is 0 Å². The Labute approximate surface area is 131 Å². The number of rotatable bonds is 8. The molecule has 4 N–H and O–H groups in total. The Hall–Kier alpha value is -1.78. The highest BCUT2D eigenvalue weighted by atomic mass is 31.2. The molecule has 12 heteroatoms. The first-order chi connectivity index (χ1) is 10.8. The summed E-state index contributed by atoms with van der Waals surface area (Å²) in [6.45, 7) is 0.349. The number of nitrogens with zero attached hydrogens (tertiary/aromatic N) is 4. The zero-order valence-electron chi connectivity index (χ0n) is 12.6. The summed E-state index contributed by atoms with van der Waals surface area (Å²) in [5, 5.41) is 0. The predicted octanol–water partition coefficient (Wildman–Crippen LogP) is -0.416. The summed E-state index contributed by atoms with van der Waals surface area (Å²) in [6, 6.07) is 0. The van der Waals surface area contributed by atoms with Crippen molar-refractivity contribution in [3.05, 3.63) is 6.33 Å². The van der Waals surface area contributed by atoms with Crippen LogP contribution < -0.4 is 10.5 Å². The monoisotopic (exact) mass is 347 g/mol. The van der Waals surface area contributed by atoms with Crippen LogP contribution in [-0.2, 0) is 20.6 Å². The van der Waals surface area contributed by atoms with E-state index in [0.717, 1.165) is 0 Å². The van der Waals surface area contributed by atoms with Gasteiger partial charge in [0.1, 0.15) is 6.35 Å². The number of nitrogen functional groups attached to an aromatic ring is 1. The van der Waals surface area contributed by atoms with Gasteiger partial charge in [0.15, 0.2) is 11.2 Å². The molecule has 0 fully saturated rings. The minimum absolute atomic E-state index is 0.0236. The summed E-state index contributed by atoms with van der Waals surface area (Å²) in [5.74, 6) is 0.265. The van der Waals surface area contributed by atoms with E-state index in [9.17, 15) is 4.57 Å². The maximum Gasteiger partial charge on any atom is 0.350 e. The van der Waals surface area contributed by atoms with Crippen molar-refractivity contribution in [3.8, 4) is 5.88 Å². The molecule has 2 aromatic rings. The van der Waals surface area contributed by atoms with E-state index < -0.39 is 20.0 Å². The number of anilines is 1. The van der Waals surface area contributed by atoms with Crippen LogP contribution in [-0.4, -0.2) is 62.6 Å². The summed E-state index contributed by atoms with van der Waals surface area (Å²) in [7, 11) is -1.37. The van der Waals surface area contributed by atoms with Crippen LogP contribution in [0, 0.1) is 0 Å². The van der Waals surface area contributed by atoms with Crippen LogP contribution in [0.3, 0.4) is 0 Å². The summed E-state index contributed by atoms with van der Waals surface area (Å²) < 4.78 is 27.9. The van der Waals surface area contributed by atoms with Crippen molar-refractivity contribution in [2.75, 3.05) is 32.9 Å². The standard InChI is InChI=1S/C11H18N5O6P/c1-20-4-7(22-6-23(17,18)19)3-16-5-13-8-9(16)14-11(12)15-10(8)21-2/h5,7H,3-4,6H2,1-2H3,(H2,12,14,15)(H2,17,18,19). The van der Waals surface area contributed by atoms with Gasteiger partial charge in [0, 0.05) is 7.11 Å². The Morgan fingerprint density at radius 1 is 1.39 bits per heavy atom. The lowest BCUT2D eigenvalue weighted by Crippen LogP contribution is -2.25. The molecule has 0 saturated carbocycles. The van der Waals surface area contributed by atoms with Gasteiger partial charge in [-0.15, -0.1) is 0 Å². The highest BCUT2D eigenvalue weighted by Crippen LogP contribution is 2.34. The lowest BCUT2D eigenvalue weighted by atomic mass is 10.3. The first-order valence-electron chi connectivity index (χ1n) is 6.51. The van der Waals surface area contributed by atoms with Crippen molar-refractivity contribution in [2.24, 2.45) is 0 Å². The van der Waals surface area contributed by atoms with Gasteiger partial charge < -0.3 is 34.3 Å². The molecule has 11 nitrogen and oxygen atoms in total. The van der Waals surface area contributed by atoms with E-state index in [1.54, 1.807) is 4.57 Å². The fourth-order valence-electron chi connectivity index (χ4n) is 1.97. The summed E-state index contributed by atoms with van der Waals surface area (Å²) in [4.78, 5) is 30.0. The van der Waals surface area contributed by atoms with Gasteiger partial charge in [0.2, 0.25) is 11.8 Å². The lowest BCUT2D eigenvalue weighted by molar-refractivity contribution is 0.00416. The number of methoxy groups -OCH3 is 2. The van der Waals surface area contributed by atoms with Gasteiger partial charge in [-0.25, -0.2) is 4.98 Å². The molecule has 0 radical (unpaired) electrons. The third-order valence-electron chi connectivity index (χ3n) is 2.87.